The van der Waals surface area contributed by atoms with Gasteiger partial charge < -0.3 is 9.57 Å². The summed E-state index contributed by atoms with van der Waals surface area (Å²) in [5.41, 5.74) is 2.24. The maximum Gasteiger partial charge on any atom is 0.261 e. The Morgan fingerprint density at radius 3 is 3.12 bits per heavy atom. The summed E-state index contributed by atoms with van der Waals surface area (Å²) < 4.78 is 5.51. The molecule has 9 heteroatoms. The van der Waals surface area contributed by atoms with Gasteiger partial charge in [-0.2, -0.15) is 0 Å². The van der Waals surface area contributed by atoms with Crippen LogP contribution in [0.2, 0.25) is 0 Å². The van der Waals surface area contributed by atoms with Crippen molar-refractivity contribution in [1.29, 1.82) is 0 Å². The zero-order valence-electron chi connectivity index (χ0n) is 13.4. The van der Waals surface area contributed by atoms with Crippen molar-refractivity contribution in [3.63, 3.8) is 0 Å². The standard InChI is InChI=1S/C16H14N6O2S/c1-2-24-22-11-5-7-23-15-13(11)19-14(20-21-15)12-9-18-16(25-12)10-4-3-6-17-8-10/h3-4,6,8-9H,2,5,7H2,1H3. The fourth-order valence-corrected chi connectivity index (χ4v) is 3.14. The van der Waals surface area contributed by atoms with Crippen molar-refractivity contribution in [2.75, 3.05) is 13.2 Å². The van der Waals surface area contributed by atoms with E-state index < -0.39 is 0 Å². The Hall–Kier alpha value is -2.94. The minimum absolute atomic E-state index is 0.380. The SMILES string of the molecule is CCON=C1CCOc2nnc(-c3cnc(-c4cccnc4)s3)nc21. The van der Waals surface area contributed by atoms with E-state index in [1.807, 2.05) is 19.1 Å². The lowest BCUT2D eigenvalue weighted by molar-refractivity contribution is 0.156. The average molecular weight is 354 g/mol. The van der Waals surface area contributed by atoms with E-state index >= 15 is 0 Å². The van der Waals surface area contributed by atoms with Crippen LogP contribution in [-0.2, 0) is 4.84 Å². The Balaban J connectivity index is 1.69. The lowest BCUT2D eigenvalue weighted by atomic mass is 10.2. The molecule has 4 rings (SSSR count). The van der Waals surface area contributed by atoms with Crippen molar-refractivity contribution in [1.82, 2.24) is 25.1 Å². The van der Waals surface area contributed by atoms with Crippen molar-refractivity contribution in [3.05, 3.63) is 36.4 Å². The molecule has 0 spiro atoms. The number of aromatic nitrogens is 5. The second-order valence-electron chi connectivity index (χ2n) is 5.11. The molecule has 0 bridgehead atoms. The zero-order valence-corrected chi connectivity index (χ0v) is 14.2. The molecule has 0 amide bonds. The number of fused-ring (bicyclic) bond motifs is 1. The molecule has 3 aromatic heterocycles. The molecule has 0 N–H and O–H groups in total. The second kappa shape index (κ2) is 6.89. The van der Waals surface area contributed by atoms with Gasteiger partial charge in [0.15, 0.2) is 11.5 Å². The number of nitrogens with zero attached hydrogens (tertiary/aromatic N) is 6. The molecule has 0 saturated carbocycles. The van der Waals surface area contributed by atoms with Crippen LogP contribution in [0, 0.1) is 0 Å². The molecule has 0 unspecified atom stereocenters. The third-order valence-corrected chi connectivity index (χ3v) is 4.49. The third-order valence-electron chi connectivity index (χ3n) is 3.45. The minimum Gasteiger partial charge on any atom is -0.475 e. The maximum absolute atomic E-state index is 5.51. The van der Waals surface area contributed by atoms with Crippen molar-refractivity contribution in [2.45, 2.75) is 13.3 Å². The van der Waals surface area contributed by atoms with E-state index in [2.05, 4.69) is 30.3 Å². The number of thiazole rings is 1. The molecular weight excluding hydrogens is 340 g/mol. The first-order valence-electron chi connectivity index (χ1n) is 7.78. The Morgan fingerprint density at radius 2 is 2.28 bits per heavy atom. The van der Waals surface area contributed by atoms with Gasteiger partial charge in [0.05, 0.1) is 11.5 Å². The highest BCUT2D eigenvalue weighted by Crippen LogP contribution is 2.31. The first-order valence-corrected chi connectivity index (χ1v) is 8.60. The summed E-state index contributed by atoms with van der Waals surface area (Å²) in [7, 11) is 0. The lowest BCUT2D eigenvalue weighted by Crippen LogP contribution is -2.20. The van der Waals surface area contributed by atoms with E-state index in [0.717, 1.165) is 21.2 Å². The highest BCUT2D eigenvalue weighted by molar-refractivity contribution is 7.18. The van der Waals surface area contributed by atoms with Crippen molar-refractivity contribution >= 4 is 17.0 Å². The van der Waals surface area contributed by atoms with Gasteiger partial charge >= 0.3 is 0 Å². The fraction of sp³-hybridized carbons (Fsp3) is 0.250. The van der Waals surface area contributed by atoms with Crippen LogP contribution in [0.4, 0.5) is 0 Å². The monoisotopic (exact) mass is 354 g/mol. The molecule has 4 heterocycles. The largest absolute Gasteiger partial charge is 0.475 e. The number of rotatable bonds is 4. The highest BCUT2D eigenvalue weighted by Gasteiger charge is 2.23. The van der Waals surface area contributed by atoms with E-state index in [9.17, 15) is 0 Å². The maximum atomic E-state index is 5.51. The summed E-state index contributed by atoms with van der Waals surface area (Å²) in [5.74, 6) is 0.867. The summed E-state index contributed by atoms with van der Waals surface area (Å²) in [6.45, 7) is 2.86. The molecule has 0 aliphatic carbocycles. The Labute approximate surface area is 147 Å². The van der Waals surface area contributed by atoms with Crippen LogP contribution in [0.25, 0.3) is 21.3 Å². The molecular formula is C16H14N6O2S. The van der Waals surface area contributed by atoms with Gasteiger partial charge in [0, 0.05) is 30.6 Å². The smallest absolute Gasteiger partial charge is 0.261 e. The molecule has 1 aliphatic rings. The highest BCUT2D eigenvalue weighted by atomic mass is 32.1. The van der Waals surface area contributed by atoms with Crippen LogP contribution in [-0.4, -0.2) is 44.1 Å². The van der Waals surface area contributed by atoms with Crippen LogP contribution >= 0.6 is 11.3 Å². The van der Waals surface area contributed by atoms with Gasteiger partial charge in [0.25, 0.3) is 5.88 Å². The van der Waals surface area contributed by atoms with Crippen molar-refractivity contribution in [3.8, 4) is 27.2 Å². The van der Waals surface area contributed by atoms with Crippen LogP contribution in [0.5, 0.6) is 5.88 Å². The van der Waals surface area contributed by atoms with Gasteiger partial charge in [-0.3, -0.25) is 4.98 Å². The Kier molecular flexibility index (Phi) is 4.30. The van der Waals surface area contributed by atoms with Crippen LogP contribution in [0.1, 0.15) is 19.0 Å². The molecule has 0 fully saturated rings. The van der Waals surface area contributed by atoms with Gasteiger partial charge in [-0.1, -0.05) is 5.16 Å². The summed E-state index contributed by atoms with van der Waals surface area (Å²) in [6, 6.07) is 3.84. The van der Waals surface area contributed by atoms with E-state index in [1.165, 1.54) is 11.3 Å². The normalized spacial score (nSPS) is 14.8. The van der Waals surface area contributed by atoms with Gasteiger partial charge in [-0.05, 0) is 19.1 Å². The average Bonchev–Trinajstić information content (AvgIpc) is 3.17. The molecule has 3 aromatic rings. The quantitative estimate of drug-likeness (QED) is 0.664. The van der Waals surface area contributed by atoms with E-state index in [-0.39, 0.29) is 0 Å². The molecule has 0 atom stereocenters. The van der Waals surface area contributed by atoms with E-state index in [4.69, 9.17) is 9.57 Å². The topological polar surface area (TPSA) is 95.3 Å². The number of ether oxygens (including phenoxy) is 1. The molecule has 0 saturated heterocycles. The number of pyridine rings is 1. The lowest BCUT2D eigenvalue weighted by Gasteiger charge is -2.16. The summed E-state index contributed by atoms with van der Waals surface area (Å²) in [4.78, 5) is 19.1. The fourth-order valence-electron chi connectivity index (χ4n) is 2.30. The van der Waals surface area contributed by atoms with Gasteiger partial charge in [-0.25, -0.2) is 9.97 Å². The molecule has 0 radical (unpaired) electrons. The van der Waals surface area contributed by atoms with Crippen LogP contribution < -0.4 is 4.74 Å². The van der Waals surface area contributed by atoms with Crippen LogP contribution in [0.15, 0.2) is 35.9 Å². The second-order valence-corrected chi connectivity index (χ2v) is 6.15. The minimum atomic E-state index is 0.380. The van der Waals surface area contributed by atoms with Crippen molar-refractivity contribution in [2.24, 2.45) is 5.16 Å². The summed E-state index contributed by atoms with van der Waals surface area (Å²) in [5, 5.41) is 13.3. The van der Waals surface area contributed by atoms with Gasteiger partial charge in [-0.15, -0.1) is 21.5 Å². The van der Waals surface area contributed by atoms with Gasteiger partial charge in [0.1, 0.15) is 17.3 Å². The molecule has 126 valence electrons. The van der Waals surface area contributed by atoms with E-state index in [0.29, 0.717) is 37.0 Å². The first kappa shape index (κ1) is 15.6. The zero-order chi connectivity index (χ0) is 17.1. The predicted molar refractivity (Wildman–Crippen MR) is 92.4 cm³/mol. The molecule has 25 heavy (non-hydrogen) atoms. The number of oxime groups is 1. The third kappa shape index (κ3) is 3.18. The first-order chi connectivity index (χ1) is 12.3. The van der Waals surface area contributed by atoms with Crippen molar-refractivity contribution < 1.29 is 9.57 Å². The Morgan fingerprint density at radius 1 is 1.32 bits per heavy atom. The number of hydrogen-bond donors (Lipinski definition) is 0. The molecule has 0 aromatic carbocycles. The number of hydrogen-bond acceptors (Lipinski definition) is 9. The predicted octanol–water partition coefficient (Wildman–Crippen LogP) is 2.58. The van der Waals surface area contributed by atoms with E-state index in [1.54, 1.807) is 18.6 Å². The van der Waals surface area contributed by atoms with Crippen LogP contribution in [0.3, 0.4) is 0 Å². The van der Waals surface area contributed by atoms with Gasteiger partial charge in [0.2, 0.25) is 0 Å². The molecule has 1 aliphatic heterocycles. The Bertz CT molecular complexity index is 912. The summed E-state index contributed by atoms with van der Waals surface area (Å²) >= 11 is 1.48. The summed E-state index contributed by atoms with van der Waals surface area (Å²) in [6.07, 6.45) is 5.86. The molecule has 8 nitrogen and oxygen atoms in total.